The Labute approximate surface area is 112 Å². The van der Waals surface area contributed by atoms with E-state index in [0.29, 0.717) is 9.79 Å². The van der Waals surface area contributed by atoms with Crippen molar-refractivity contribution in [3.05, 3.63) is 59.7 Å². The van der Waals surface area contributed by atoms with Gasteiger partial charge in [0.15, 0.2) is 5.84 Å². The van der Waals surface area contributed by atoms with Crippen LogP contribution in [0.5, 0.6) is 0 Å². The van der Waals surface area contributed by atoms with Crippen LogP contribution in [0.25, 0.3) is 0 Å². The molecule has 0 saturated heterocycles. The number of oxime groups is 1. The van der Waals surface area contributed by atoms with Crippen LogP contribution in [-0.2, 0) is 0 Å². The highest BCUT2D eigenvalue weighted by atomic mass is 32.2. The monoisotopic (exact) mass is 280 g/mol. The van der Waals surface area contributed by atoms with Gasteiger partial charge in [0.1, 0.15) is 11.6 Å². The van der Waals surface area contributed by atoms with Gasteiger partial charge < -0.3 is 10.9 Å². The van der Waals surface area contributed by atoms with Crippen LogP contribution in [0.15, 0.2) is 57.4 Å². The molecule has 0 aliphatic rings. The molecule has 0 aliphatic carbocycles. The summed E-state index contributed by atoms with van der Waals surface area (Å²) in [5, 5.41) is 11.5. The maximum atomic E-state index is 13.7. The fraction of sp³-hybridized carbons (Fsp3) is 0. The van der Waals surface area contributed by atoms with Crippen molar-refractivity contribution in [2.75, 3.05) is 0 Å². The number of rotatable bonds is 3. The third-order valence-electron chi connectivity index (χ3n) is 2.40. The lowest BCUT2D eigenvalue weighted by molar-refractivity contribution is 0.318. The van der Waals surface area contributed by atoms with Crippen LogP contribution in [-0.4, -0.2) is 11.0 Å². The Balaban J connectivity index is 2.47. The largest absolute Gasteiger partial charge is 0.409 e. The molecule has 6 heteroatoms. The van der Waals surface area contributed by atoms with Crippen molar-refractivity contribution < 1.29 is 14.0 Å². The van der Waals surface area contributed by atoms with E-state index in [0.717, 1.165) is 11.8 Å². The first-order chi connectivity index (χ1) is 9.13. The van der Waals surface area contributed by atoms with Gasteiger partial charge in [-0.05, 0) is 24.3 Å². The van der Waals surface area contributed by atoms with Crippen LogP contribution in [0.4, 0.5) is 8.78 Å². The predicted octanol–water partition coefficient (Wildman–Crippen LogP) is 3.21. The summed E-state index contributed by atoms with van der Waals surface area (Å²) in [5.74, 6) is -1.39. The zero-order chi connectivity index (χ0) is 13.8. The molecule has 2 aromatic rings. The molecular formula is C13H10F2N2OS. The lowest BCUT2D eigenvalue weighted by Crippen LogP contribution is -2.16. The van der Waals surface area contributed by atoms with Gasteiger partial charge in [-0.15, -0.1) is 0 Å². The number of hydrogen-bond donors (Lipinski definition) is 2. The zero-order valence-corrected chi connectivity index (χ0v) is 10.5. The first-order valence-corrected chi connectivity index (χ1v) is 6.14. The fourth-order valence-corrected chi connectivity index (χ4v) is 2.53. The number of amidine groups is 1. The van der Waals surface area contributed by atoms with Crippen LogP contribution >= 0.6 is 11.8 Å². The second kappa shape index (κ2) is 5.71. The van der Waals surface area contributed by atoms with Crippen LogP contribution < -0.4 is 5.73 Å². The molecular weight excluding hydrogens is 270 g/mol. The Bertz CT molecular complexity index is 632. The van der Waals surface area contributed by atoms with E-state index in [1.54, 1.807) is 24.3 Å². The predicted molar refractivity (Wildman–Crippen MR) is 69.4 cm³/mol. The molecule has 3 nitrogen and oxygen atoms in total. The summed E-state index contributed by atoms with van der Waals surface area (Å²) >= 11 is 1.01. The van der Waals surface area contributed by atoms with E-state index < -0.39 is 11.6 Å². The third kappa shape index (κ3) is 2.85. The topological polar surface area (TPSA) is 58.6 Å². The summed E-state index contributed by atoms with van der Waals surface area (Å²) in [5.41, 5.74) is 5.40. The summed E-state index contributed by atoms with van der Waals surface area (Å²) in [7, 11) is 0. The van der Waals surface area contributed by atoms with Crippen molar-refractivity contribution in [3.8, 4) is 0 Å². The Morgan fingerprint density at radius 2 is 1.63 bits per heavy atom. The second-order valence-corrected chi connectivity index (χ2v) is 4.71. The highest BCUT2D eigenvalue weighted by Gasteiger charge is 2.15. The molecule has 0 heterocycles. The molecule has 0 radical (unpaired) electrons. The fourth-order valence-electron chi connectivity index (χ4n) is 1.53. The molecule has 0 spiro atoms. The standard InChI is InChI=1S/C13H10F2N2OS/c14-8-4-1-2-6-10(8)19-11-7-3-5-9(15)12(11)13(16)17-18/h1-7,18H,(H2,16,17). The molecule has 19 heavy (non-hydrogen) atoms. The number of halogens is 2. The van der Waals surface area contributed by atoms with Crippen molar-refractivity contribution in [2.24, 2.45) is 10.9 Å². The maximum Gasteiger partial charge on any atom is 0.174 e. The molecule has 0 fully saturated rings. The lowest BCUT2D eigenvalue weighted by atomic mass is 10.2. The minimum absolute atomic E-state index is 0.0433. The Kier molecular flexibility index (Phi) is 4.01. The van der Waals surface area contributed by atoms with Crippen molar-refractivity contribution >= 4 is 17.6 Å². The first kappa shape index (κ1) is 13.4. The van der Waals surface area contributed by atoms with Crippen LogP contribution in [0.1, 0.15) is 5.56 Å². The summed E-state index contributed by atoms with van der Waals surface area (Å²) < 4.78 is 27.3. The SMILES string of the molecule is NC(=NO)c1c(F)cccc1Sc1ccccc1F. The lowest BCUT2D eigenvalue weighted by Gasteiger charge is -2.09. The van der Waals surface area contributed by atoms with Crippen molar-refractivity contribution in [2.45, 2.75) is 9.79 Å². The normalized spacial score (nSPS) is 11.6. The molecule has 0 amide bonds. The molecule has 2 aromatic carbocycles. The molecule has 0 aromatic heterocycles. The van der Waals surface area contributed by atoms with E-state index in [2.05, 4.69) is 5.16 Å². The van der Waals surface area contributed by atoms with Gasteiger partial charge in [-0.1, -0.05) is 35.1 Å². The van der Waals surface area contributed by atoms with Gasteiger partial charge in [0.2, 0.25) is 0 Å². The first-order valence-electron chi connectivity index (χ1n) is 5.32. The molecule has 0 saturated carbocycles. The summed E-state index contributed by atoms with van der Waals surface area (Å²) in [6, 6.07) is 10.4. The number of hydrogen-bond acceptors (Lipinski definition) is 3. The molecule has 0 atom stereocenters. The molecule has 0 bridgehead atoms. The Hall–Kier alpha value is -2.08. The molecule has 0 aliphatic heterocycles. The van der Waals surface area contributed by atoms with Gasteiger partial charge in [0.25, 0.3) is 0 Å². The van der Waals surface area contributed by atoms with Gasteiger partial charge in [-0.3, -0.25) is 0 Å². The molecule has 0 unspecified atom stereocenters. The van der Waals surface area contributed by atoms with Crippen molar-refractivity contribution in [1.29, 1.82) is 0 Å². The molecule has 2 rings (SSSR count). The quantitative estimate of drug-likeness (QED) is 0.393. The second-order valence-electron chi connectivity index (χ2n) is 3.63. The van der Waals surface area contributed by atoms with E-state index >= 15 is 0 Å². The van der Waals surface area contributed by atoms with Crippen LogP contribution in [0.3, 0.4) is 0 Å². The van der Waals surface area contributed by atoms with Gasteiger partial charge in [-0.25, -0.2) is 8.78 Å². The number of nitrogens with zero attached hydrogens (tertiary/aromatic N) is 1. The smallest absolute Gasteiger partial charge is 0.174 e. The molecule has 3 N–H and O–H groups in total. The Morgan fingerprint density at radius 1 is 1.00 bits per heavy atom. The van der Waals surface area contributed by atoms with E-state index in [4.69, 9.17) is 10.9 Å². The minimum Gasteiger partial charge on any atom is -0.409 e. The van der Waals surface area contributed by atoms with Crippen molar-refractivity contribution in [1.82, 2.24) is 0 Å². The zero-order valence-electron chi connectivity index (χ0n) is 9.68. The third-order valence-corrected chi connectivity index (χ3v) is 3.51. The summed E-state index contributed by atoms with van der Waals surface area (Å²) in [6.07, 6.45) is 0. The number of benzene rings is 2. The molecule has 98 valence electrons. The minimum atomic E-state index is -0.628. The number of nitrogens with two attached hydrogens (primary N) is 1. The van der Waals surface area contributed by atoms with E-state index in [1.807, 2.05) is 0 Å². The average Bonchev–Trinajstić information content (AvgIpc) is 2.41. The van der Waals surface area contributed by atoms with E-state index in [9.17, 15) is 8.78 Å². The van der Waals surface area contributed by atoms with Crippen LogP contribution in [0, 0.1) is 11.6 Å². The van der Waals surface area contributed by atoms with Gasteiger partial charge in [0.05, 0.1) is 5.56 Å². The maximum absolute atomic E-state index is 13.7. The Morgan fingerprint density at radius 3 is 2.32 bits per heavy atom. The summed E-state index contributed by atoms with van der Waals surface area (Å²) in [4.78, 5) is 0.709. The van der Waals surface area contributed by atoms with Crippen LogP contribution in [0.2, 0.25) is 0 Å². The van der Waals surface area contributed by atoms with E-state index in [-0.39, 0.29) is 11.4 Å². The van der Waals surface area contributed by atoms with Crippen molar-refractivity contribution in [3.63, 3.8) is 0 Å². The highest BCUT2D eigenvalue weighted by molar-refractivity contribution is 7.99. The average molecular weight is 280 g/mol. The van der Waals surface area contributed by atoms with Gasteiger partial charge in [-0.2, -0.15) is 0 Å². The van der Waals surface area contributed by atoms with Gasteiger partial charge in [0, 0.05) is 9.79 Å². The van der Waals surface area contributed by atoms with Gasteiger partial charge >= 0.3 is 0 Å². The summed E-state index contributed by atoms with van der Waals surface area (Å²) in [6.45, 7) is 0. The van der Waals surface area contributed by atoms with E-state index in [1.165, 1.54) is 18.2 Å². The highest BCUT2D eigenvalue weighted by Crippen LogP contribution is 2.33.